The van der Waals surface area contributed by atoms with Crippen LogP contribution in [0, 0.1) is 4.77 Å². The minimum absolute atomic E-state index is 0.0671. The molecule has 1 heterocycles. The van der Waals surface area contributed by atoms with Crippen molar-refractivity contribution in [2.24, 2.45) is 5.10 Å². The lowest BCUT2D eigenvalue weighted by molar-refractivity contribution is 0.340. The molecule has 0 atom stereocenters. The molecule has 3 N–H and O–H groups in total. The van der Waals surface area contributed by atoms with Crippen LogP contribution in [0.2, 0.25) is 0 Å². The van der Waals surface area contributed by atoms with Gasteiger partial charge < -0.3 is 14.6 Å². The number of aromatic hydroxyl groups is 1. The minimum Gasteiger partial charge on any atom is -0.504 e. The highest BCUT2D eigenvalue weighted by molar-refractivity contribution is 7.71. The Hall–Kier alpha value is -3.33. The number of nitrogens with one attached hydrogen (secondary N) is 2. The van der Waals surface area contributed by atoms with E-state index in [-0.39, 0.29) is 5.75 Å². The Morgan fingerprint density at radius 2 is 2.07 bits per heavy atom. The van der Waals surface area contributed by atoms with E-state index in [0.717, 1.165) is 16.9 Å². The highest BCUT2D eigenvalue weighted by atomic mass is 32.1. The molecule has 0 spiro atoms. The van der Waals surface area contributed by atoms with Gasteiger partial charge in [-0.05, 0) is 67.2 Å². The van der Waals surface area contributed by atoms with Gasteiger partial charge in [-0.3, -0.25) is 0 Å². The predicted octanol–water partition coefficient (Wildman–Crippen LogP) is 3.30. The molecule has 0 radical (unpaired) electrons. The van der Waals surface area contributed by atoms with Crippen molar-refractivity contribution in [2.75, 3.05) is 19.3 Å². The Morgan fingerprint density at radius 3 is 2.78 bits per heavy atom. The number of hydrogen-bond acceptors (Lipinski definition) is 7. The van der Waals surface area contributed by atoms with Gasteiger partial charge in [0.05, 0.1) is 19.9 Å². The van der Waals surface area contributed by atoms with E-state index in [4.69, 9.17) is 21.7 Å². The van der Waals surface area contributed by atoms with Crippen molar-refractivity contribution in [1.82, 2.24) is 14.9 Å². The molecule has 0 fully saturated rings. The fourth-order valence-corrected chi connectivity index (χ4v) is 2.56. The Labute approximate surface area is 161 Å². The van der Waals surface area contributed by atoms with Gasteiger partial charge in [0.1, 0.15) is 5.75 Å². The highest BCUT2D eigenvalue weighted by Gasteiger charge is 2.08. The zero-order chi connectivity index (χ0) is 19.2. The summed E-state index contributed by atoms with van der Waals surface area (Å²) in [6.07, 6.45) is 1.58. The lowest BCUT2D eigenvalue weighted by Crippen LogP contribution is -2.10. The highest BCUT2D eigenvalue weighted by Crippen LogP contribution is 2.25. The zero-order valence-electron chi connectivity index (χ0n) is 14.8. The molecule has 1 aromatic heterocycles. The van der Waals surface area contributed by atoms with Crippen LogP contribution >= 0.6 is 12.2 Å². The second-order valence-corrected chi connectivity index (χ2v) is 5.82. The monoisotopic (exact) mass is 385 g/mol. The summed E-state index contributed by atoms with van der Waals surface area (Å²) in [7, 11) is 1.49. The molecule has 0 saturated heterocycles. The Bertz CT molecular complexity index is 995. The number of H-pyrrole nitrogens is 1. The molecule has 140 valence electrons. The van der Waals surface area contributed by atoms with Crippen LogP contribution < -0.4 is 15.0 Å². The zero-order valence-corrected chi connectivity index (χ0v) is 15.7. The van der Waals surface area contributed by atoms with Gasteiger partial charge in [0, 0.05) is 5.56 Å². The van der Waals surface area contributed by atoms with Gasteiger partial charge in [0.2, 0.25) is 4.77 Å². The van der Waals surface area contributed by atoms with E-state index in [9.17, 15) is 5.11 Å². The first-order chi connectivity index (χ1) is 13.1. The number of aromatic nitrogens is 3. The summed E-state index contributed by atoms with van der Waals surface area (Å²) in [5.74, 6) is 1.81. The van der Waals surface area contributed by atoms with Crippen molar-refractivity contribution in [1.29, 1.82) is 0 Å². The molecule has 0 saturated carbocycles. The van der Waals surface area contributed by atoms with Crippen molar-refractivity contribution in [3.05, 3.63) is 52.8 Å². The van der Waals surface area contributed by atoms with Crippen molar-refractivity contribution in [2.45, 2.75) is 6.92 Å². The molecule has 0 amide bonds. The molecule has 27 heavy (non-hydrogen) atoms. The SMILES string of the molecule is CCOc1ccc(-c2n[nH]c(=S)n2NN=Cc2ccc(O)c(OC)c2)cc1. The first kappa shape index (κ1) is 18.5. The molecular weight excluding hydrogens is 366 g/mol. The van der Waals surface area contributed by atoms with E-state index in [1.807, 2.05) is 31.2 Å². The molecule has 9 heteroatoms. The molecule has 0 aliphatic carbocycles. The van der Waals surface area contributed by atoms with Crippen molar-refractivity contribution < 1.29 is 14.6 Å². The van der Waals surface area contributed by atoms with Gasteiger partial charge in [-0.15, -0.1) is 0 Å². The quantitative estimate of drug-likeness (QED) is 0.328. The number of methoxy groups -OCH3 is 1. The second-order valence-electron chi connectivity index (χ2n) is 5.43. The lowest BCUT2D eigenvalue weighted by atomic mass is 10.2. The maximum Gasteiger partial charge on any atom is 0.216 e. The number of phenolic OH excluding ortho intramolecular Hbond substituents is 1. The molecule has 0 aliphatic heterocycles. The third-order valence-corrected chi connectivity index (χ3v) is 3.94. The third-order valence-electron chi connectivity index (χ3n) is 3.67. The first-order valence-electron chi connectivity index (χ1n) is 8.19. The van der Waals surface area contributed by atoms with Gasteiger partial charge in [-0.2, -0.15) is 14.9 Å². The van der Waals surface area contributed by atoms with Gasteiger partial charge in [0.25, 0.3) is 0 Å². The normalized spacial score (nSPS) is 10.9. The summed E-state index contributed by atoms with van der Waals surface area (Å²) in [4.78, 5) is 0. The van der Waals surface area contributed by atoms with Gasteiger partial charge in [-0.1, -0.05) is 0 Å². The predicted molar refractivity (Wildman–Crippen MR) is 106 cm³/mol. The van der Waals surface area contributed by atoms with Crippen LogP contribution in [-0.2, 0) is 0 Å². The molecule has 3 rings (SSSR count). The van der Waals surface area contributed by atoms with E-state index in [2.05, 4.69) is 20.8 Å². The van der Waals surface area contributed by atoms with E-state index >= 15 is 0 Å². The fraction of sp³-hybridized carbons (Fsp3) is 0.167. The standard InChI is InChI=1S/C18H19N5O3S/c1-3-26-14-7-5-13(6-8-14)17-20-21-18(27)23(17)22-19-11-12-4-9-15(24)16(10-12)25-2/h4-11,22,24H,3H2,1-2H3,(H,21,27). The van der Waals surface area contributed by atoms with Gasteiger partial charge >= 0.3 is 0 Å². The van der Waals surface area contributed by atoms with E-state index in [1.54, 1.807) is 23.0 Å². The molecular formula is C18H19N5O3S. The molecule has 0 bridgehead atoms. The summed E-state index contributed by atoms with van der Waals surface area (Å²) in [5, 5.41) is 20.8. The Kier molecular flexibility index (Phi) is 5.72. The molecule has 0 unspecified atom stereocenters. The topological polar surface area (TPSA) is 96.7 Å². The summed E-state index contributed by atoms with van der Waals surface area (Å²) < 4.78 is 12.5. The number of benzene rings is 2. The number of nitrogens with zero attached hydrogens (tertiary/aromatic N) is 3. The van der Waals surface area contributed by atoms with Crippen LogP contribution in [0.5, 0.6) is 17.2 Å². The average Bonchev–Trinajstić information content (AvgIpc) is 3.05. The van der Waals surface area contributed by atoms with E-state index in [0.29, 0.717) is 23.0 Å². The van der Waals surface area contributed by atoms with E-state index in [1.165, 1.54) is 13.2 Å². The number of ether oxygens (including phenoxy) is 2. The molecule has 0 aliphatic rings. The Morgan fingerprint density at radius 1 is 1.30 bits per heavy atom. The molecule has 3 aromatic rings. The van der Waals surface area contributed by atoms with Crippen LogP contribution in [0.25, 0.3) is 11.4 Å². The Balaban J connectivity index is 1.80. The minimum atomic E-state index is 0.0671. The average molecular weight is 385 g/mol. The van der Waals surface area contributed by atoms with Crippen molar-refractivity contribution in [3.8, 4) is 28.6 Å². The largest absolute Gasteiger partial charge is 0.504 e. The summed E-state index contributed by atoms with van der Waals surface area (Å²) in [5.41, 5.74) is 4.45. The number of hydrazone groups is 1. The van der Waals surface area contributed by atoms with Crippen LogP contribution in [0.15, 0.2) is 47.6 Å². The smallest absolute Gasteiger partial charge is 0.216 e. The molecule has 8 nitrogen and oxygen atoms in total. The maximum absolute atomic E-state index is 9.64. The van der Waals surface area contributed by atoms with Crippen molar-refractivity contribution in [3.63, 3.8) is 0 Å². The molecule has 2 aromatic carbocycles. The summed E-state index contributed by atoms with van der Waals surface area (Å²) in [6, 6.07) is 12.4. The van der Waals surface area contributed by atoms with Crippen LogP contribution in [0.3, 0.4) is 0 Å². The van der Waals surface area contributed by atoms with Crippen LogP contribution in [-0.4, -0.2) is 39.9 Å². The third kappa shape index (κ3) is 4.26. The number of hydrogen-bond donors (Lipinski definition) is 3. The van der Waals surface area contributed by atoms with Gasteiger partial charge in [-0.25, -0.2) is 10.6 Å². The number of phenols is 1. The van der Waals surface area contributed by atoms with E-state index < -0.39 is 0 Å². The maximum atomic E-state index is 9.64. The second kappa shape index (κ2) is 8.37. The van der Waals surface area contributed by atoms with Crippen LogP contribution in [0.1, 0.15) is 12.5 Å². The number of aromatic amines is 1. The lowest BCUT2D eigenvalue weighted by Gasteiger charge is -2.07. The first-order valence-corrected chi connectivity index (χ1v) is 8.60. The van der Waals surface area contributed by atoms with Crippen LogP contribution in [0.4, 0.5) is 0 Å². The van der Waals surface area contributed by atoms with Crippen molar-refractivity contribution >= 4 is 18.4 Å². The van der Waals surface area contributed by atoms with Gasteiger partial charge in [0.15, 0.2) is 17.3 Å². The summed E-state index contributed by atoms with van der Waals surface area (Å²) in [6.45, 7) is 2.54. The number of rotatable bonds is 7. The fourth-order valence-electron chi connectivity index (χ4n) is 2.39. The summed E-state index contributed by atoms with van der Waals surface area (Å²) >= 11 is 5.26.